The van der Waals surface area contributed by atoms with Crippen LogP contribution in [0.25, 0.3) is 0 Å². The topological polar surface area (TPSA) is 391 Å². The Kier molecular flexibility index (Phi) is 19.8. The maximum atomic E-state index is 14.0. The van der Waals surface area contributed by atoms with Crippen molar-refractivity contribution in [2.75, 3.05) is 19.6 Å². The maximum Gasteiger partial charge on any atom is 0.325 e. The Labute approximate surface area is 419 Å². The number of primary amides is 3. The molecular weight excluding hydrogens is 935 g/mol. The van der Waals surface area contributed by atoms with Gasteiger partial charge in [-0.2, -0.15) is 0 Å². The number of hydrogen-bond donors (Lipinski definition) is 9. The molecule has 72 heavy (non-hydrogen) atoms. The van der Waals surface area contributed by atoms with E-state index in [1.165, 1.54) is 0 Å². The van der Waals surface area contributed by atoms with Crippen LogP contribution in [0.5, 0.6) is 0 Å². The zero-order valence-corrected chi connectivity index (χ0v) is 41.6. The van der Waals surface area contributed by atoms with Crippen molar-refractivity contribution in [1.82, 2.24) is 16.0 Å². The molecule has 6 amide bonds. The van der Waals surface area contributed by atoms with Crippen LogP contribution in [0.15, 0.2) is 30.3 Å². The van der Waals surface area contributed by atoms with Crippen LogP contribution < -0.4 is 50.4 Å². The molecule has 398 valence electrons. The third-order valence-electron chi connectivity index (χ3n) is 16.3. The van der Waals surface area contributed by atoms with Gasteiger partial charge in [0.1, 0.15) is 31.9 Å². The van der Waals surface area contributed by atoms with Gasteiger partial charge in [-0.15, -0.1) is 0 Å². The van der Waals surface area contributed by atoms with Crippen molar-refractivity contribution >= 4 is 59.1 Å². The number of hydrogen-bond acceptors (Lipinski definition) is 16. The number of esters is 3. The molecule has 4 aliphatic rings. The van der Waals surface area contributed by atoms with Crippen molar-refractivity contribution in [1.29, 1.82) is 0 Å². The highest BCUT2D eigenvalue weighted by molar-refractivity contribution is 5.92. The Bertz CT molecular complexity index is 2180. The molecule has 0 radical (unpaired) electrons. The number of ketones is 1. The van der Waals surface area contributed by atoms with E-state index in [9.17, 15) is 47.9 Å². The number of benzene rings is 1. The Morgan fingerprint density at radius 3 is 1.76 bits per heavy atom. The number of Topliss-reactive ketones (excluding diaryl/α,β-unsaturated/α-hetero) is 1. The second kappa shape index (κ2) is 25.1. The number of carbonyl (C=O) groups excluding carboxylic acids is 10. The number of rotatable bonds is 25. The molecule has 0 unspecified atom stereocenters. The van der Waals surface area contributed by atoms with E-state index in [1.54, 1.807) is 0 Å². The summed E-state index contributed by atoms with van der Waals surface area (Å²) in [6.45, 7) is 5.20. The highest BCUT2D eigenvalue weighted by atomic mass is 16.6. The van der Waals surface area contributed by atoms with Gasteiger partial charge in [0.05, 0.1) is 43.9 Å². The van der Waals surface area contributed by atoms with Gasteiger partial charge in [-0.05, 0) is 104 Å². The minimum Gasteiger partial charge on any atom is -0.461 e. The van der Waals surface area contributed by atoms with E-state index in [2.05, 4.69) is 36.7 Å². The van der Waals surface area contributed by atoms with Crippen molar-refractivity contribution in [3.05, 3.63) is 35.9 Å². The third kappa shape index (κ3) is 14.6. The van der Waals surface area contributed by atoms with Crippen LogP contribution >= 0.6 is 0 Å². The second-order valence-electron chi connectivity index (χ2n) is 21.0. The molecule has 5 rings (SSSR count). The van der Waals surface area contributed by atoms with Crippen LogP contribution in [-0.4, -0.2) is 109 Å². The first-order valence-corrected chi connectivity index (χ1v) is 25.0. The standard InChI is InChI=1S/C50H75N9O13/c1-26(9-12-42(64)70-25-27-7-5-4-6-8-27)32-10-11-33-45-28(16-30(60)22-57-46(67)35(51)19-39(54)61)15-29-17-31(71-43(65)23-58-47(68)36(52)20-40(55)62)13-14-49(29,2)34(45)18-38(50(32,33)3)72-44(66)24-59-48(69)37(53)21-41(56)63/h4-8,26,28-29,31-38,45H,9-25,51-53H2,1-3H3,(H2,54,61)(H2,55,62)(H2,56,63)(H,57,67)(H,58,68)(H,59,69)/t26-,28+,29-,31-,32-,33+,34+,35+,36+,37+,38+,45+,49+,50-/m1/s1. The van der Waals surface area contributed by atoms with Gasteiger partial charge in [0, 0.05) is 18.3 Å². The van der Waals surface area contributed by atoms with Gasteiger partial charge in [0.25, 0.3) is 0 Å². The molecule has 0 aromatic heterocycles. The molecule has 22 nitrogen and oxygen atoms in total. The molecule has 0 bridgehead atoms. The molecule has 15 N–H and O–H groups in total. The van der Waals surface area contributed by atoms with Gasteiger partial charge >= 0.3 is 17.9 Å². The molecule has 0 heterocycles. The first kappa shape index (κ1) is 56.9. The summed E-state index contributed by atoms with van der Waals surface area (Å²) in [6.07, 6.45) is 2.16. The number of carbonyl (C=O) groups is 10. The lowest BCUT2D eigenvalue weighted by Crippen LogP contribution is -2.62. The highest BCUT2D eigenvalue weighted by Gasteiger charge is 2.67. The molecule has 4 fully saturated rings. The second-order valence-corrected chi connectivity index (χ2v) is 21.0. The molecule has 4 aliphatic carbocycles. The third-order valence-corrected chi connectivity index (χ3v) is 16.3. The van der Waals surface area contributed by atoms with Crippen molar-refractivity contribution < 1.29 is 62.2 Å². The number of fused-ring (bicyclic) bond motifs is 5. The molecule has 0 spiro atoms. The number of nitrogens with two attached hydrogens (primary N) is 6. The molecule has 0 saturated heterocycles. The summed E-state index contributed by atoms with van der Waals surface area (Å²) >= 11 is 0. The Morgan fingerprint density at radius 1 is 0.667 bits per heavy atom. The summed E-state index contributed by atoms with van der Waals surface area (Å²) in [6, 6.07) is 5.62. The quantitative estimate of drug-likeness (QED) is 0.0435. The number of ether oxygens (including phenoxy) is 3. The molecule has 14 atom stereocenters. The molecule has 0 aliphatic heterocycles. The smallest absolute Gasteiger partial charge is 0.325 e. The first-order chi connectivity index (χ1) is 33.9. The summed E-state index contributed by atoms with van der Waals surface area (Å²) in [7, 11) is 0. The summed E-state index contributed by atoms with van der Waals surface area (Å²) in [4.78, 5) is 126. The zero-order valence-electron chi connectivity index (χ0n) is 41.6. The molecule has 4 saturated carbocycles. The molecular formula is C50H75N9O13. The summed E-state index contributed by atoms with van der Waals surface area (Å²) in [5.41, 5.74) is 32.9. The first-order valence-electron chi connectivity index (χ1n) is 25.0. The lowest BCUT2D eigenvalue weighted by molar-refractivity contribution is -0.210. The highest BCUT2D eigenvalue weighted by Crippen LogP contribution is 2.70. The monoisotopic (exact) mass is 1010 g/mol. The zero-order chi connectivity index (χ0) is 53.1. The maximum absolute atomic E-state index is 14.0. The van der Waals surface area contributed by atoms with Crippen LogP contribution in [0.2, 0.25) is 0 Å². The average molecular weight is 1010 g/mol. The Hall–Kier alpha value is -6.00. The van der Waals surface area contributed by atoms with E-state index >= 15 is 0 Å². The van der Waals surface area contributed by atoms with Crippen molar-refractivity contribution in [3.63, 3.8) is 0 Å². The van der Waals surface area contributed by atoms with E-state index < -0.39 is 121 Å². The number of nitrogens with one attached hydrogen (secondary N) is 3. The van der Waals surface area contributed by atoms with Crippen LogP contribution in [0.1, 0.15) is 110 Å². The predicted molar refractivity (Wildman–Crippen MR) is 258 cm³/mol. The van der Waals surface area contributed by atoms with Gasteiger partial charge in [-0.3, -0.25) is 47.9 Å². The normalized spacial score (nSPS) is 28.9. The van der Waals surface area contributed by atoms with Crippen LogP contribution in [0.3, 0.4) is 0 Å². The van der Waals surface area contributed by atoms with Gasteiger partial charge < -0.3 is 64.6 Å². The van der Waals surface area contributed by atoms with Gasteiger partial charge in [0.15, 0.2) is 5.78 Å². The van der Waals surface area contributed by atoms with Crippen LogP contribution in [-0.2, 0) is 68.8 Å². The van der Waals surface area contributed by atoms with E-state index in [0.29, 0.717) is 38.5 Å². The van der Waals surface area contributed by atoms with E-state index in [4.69, 9.17) is 48.6 Å². The molecule has 22 heteroatoms. The number of amides is 6. The molecule has 1 aromatic rings. The van der Waals surface area contributed by atoms with Gasteiger partial charge in [-0.1, -0.05) is 51.1 Å². The Balaban J connectivity index is 1.43. The van der Waals surface area contributed by atoms with Crippen LogP contribution in [0.4, 0.5) is 0 Å². The van der Waals surface area contributed by atoms with Gasteiger partial charge in [-0.25, -0.2) is 0 Å². The van der Waals surface area contributed by atoms with E-state index in [-0.39, 0.29) is 79.2 Å². The van der Waals surface area contributed by atoms with E-state index in [0.717, 1.165) is 18.4 Å². The van der Waals surface area contributed by atoms with E-state index in [1.807, 2.05) is 30.3 Å². The fraction of sp³-hybridized carbons (Fsp3) is 0.680. The van der Waals surface area contributed by atoms with Crippen molar-refractivity contribution in [3.8, 4) is 0 Å². The minimum absolute atomic E-state index is 0.0471. The predicted octanol–water partition coefficient (Wildman–Crippen LogP) is -0.620. The fourth-order valence-corrected chi connectivity index (χ4v) is 12.8. The lowest BCUT2D eigenvalue weighted by atomic mass is 9.41. The summed E-state index contributed by atoms with van der Waals surface area (Å²) in [5.74, 6) is -7.30. The molecule has 1 aromatic carbocycles. The van der Waals surface area contributed by atoms with Crippen molar-refractivity contribution in [2.45, 2.75) is 141 Å². The Morgan fingerprint density at radius 2 is 1.21 bits per heavy atom. The average Bonchev–Trinajstić information content (AvgIpc) is 3.68. The fourth-order valence-electron chi connectivity index (χ4n) is 12.8. The SMILES string of the molecule is C[C@H](CCC(=O)OCc1ccccc1)[C@H]1CC[C@H]2[C@@H]3[C@H](CC(=O)CNC(=O)[C@@H](N)CC(N)=O)C[C@@H]4C[C@H](OC(=O)CNC(=O)[C@@H](N)CC(N)=O)CC[C@]4(C)[C@H]3C[C@H](OC(=O)CNC(=O)[C@@H](N)CC(N)=O)[C@]12C. The summed E-state index contributed by atoms with van der Waals surface area (Å²) < 4.78 is 18.0. The minimum atomic E-state index is -1.27. The lowest BCUT2D eigenvalue weighted by Gasteiger charge is -2.65. The summed E-state index contributed by atoms with van der Waals surface area (Å²) in [5, 5.41) is 7.44. The largest absolute Gasteiger partial charge is 0.461 e. The van der Waals surface area contributed by atoms with Crippen LogP contribution in [0, 0.1) is 52.3 Å². The van der Waals surface area contributed by atoms with Gasteiger partial charge in [0.2, 0.25) is 35.4 Å². The van der Waals surface area contributed by atoms with Crippen molar-refractivity contribution in [2.24, 2.45) is 86.7 Å².